The van der Waals surface area contributed by atoms with E-state index in [1.54, 1.807) is 11.9 Å². The van der Waals surface area contributed by atoms with Gasteiger partial charge < -0.3 is 5.11 Å². The molecule has 0 aromatic rings. The minimum atomic E-state index is -0.947. The van der Waals surface area contributed by atoms with Gasteiger partial charge in [-0.1, -0.05) is 12.2 Å². The summed E-state index contributed by atoms with van der Waals surface area (Å²) >= 11 is 0. The van der Waals surface area contributed by atoms with E-state index in [2.05, 4.69) is 0 Å². The van der Waals surface area contributed by atoms with Gasteiger partial charge in [-0.15, -0.1) is 0 Å². The Morgan fingerprint density at radius 3 is 2.43 bits per heavy atom. The molecule has 0 aliphatic carbocycles. The molecular weight excluding hydrogens is 182 g/mol. The molecule has 0 unspecified atom stereocenters. The van der Waals surface area contributed by atoms with E-state index in [4.69, 9.17) is 5.11 Å². The monoisotopic (exact) mass is 199 g/mol. The number of ketones is 1. The van der Waals surface area contributed by atoms with E-state index in [0.717, 1.165) is 0 Å². The van der Waals surface area contributed by atoms with Gasteiger partial charge in [-0.3, -0.25) is 14.5 Å². The standard InChI is InChI=1S/C10H17NO3/c1-4-5-6-11(3)9(8(2)12)7-10(13)14/h4-5,9H,6-7H2,1-3H3,(H,13,14)/t9-/m0/s1. The third kappa shape index (κ3) is 4.77. The van der Waals surface area contributed by atoms with Gasteiger partial charge in [0.1, 0.15) is 5.78 Å². The lowest BCUT2D eigenvalue weighted by atomic mass is 10.1. The first kappa shape index (κ1) is 12.8. The second-order valence-electron chi connectivity index (χ2n) is 3.23. The predicted octanol–water partition coefficient (Wildman–Crippen LogP) is 0.927. The number of aliphatic carboxylic acids is 1. The van der Waals surface area contributed by atoms with Crippen molar-refractivity contribution >= 4 is 11.8 Å². The number of carbonyl (C=O) groups excluding carboxylic acids is 1. The lowest BCUT2D eigenvalue weighted by Gasteiger charge is -2.22. The Kier molecular flexibility index (Phi) is 5.79. The van der Waals surface area contributed by atoms with Gasteiger partial charge in [-0.2, -0.15) is 0 Å². The second kappa shape index (κ2) is 6.32. The molecule has 0 amide bonds. The summed E-state index contributed by atoms with van der Waals surface area (Å²) in [7, 11) is 1.75. The minimum absolute atomic E-state index is 0.112. The SMILES string of the molecule is CC=CCN(C)[C@@H](CC(=O)O)C(C)=O. The van der Waals surface area contributed by atoms with Gasteiger partial charge >= 0.3 is 5.97 Å². The quantitative estimate of drug-likeness (QED) is 0.646. The van der Waals surface area contributed by atoms with Crippen LogP contribution >= 0.6 is 0 Å². The molecule has 0 aromatic heterocycles. The van der Waals surface area contributed by atoms with Gasteiger partial charge in [0.2, 0.25) is 0 Å². The van der Waals surface area contributed by atoms with E-state index in [9.17, 15) is 9.59 Å². The van der Waals surface area contributed by atoms with Gasteiger partial charge in [0.05, 0.1) is 12.5 Å². The zero-order chi connectivity index (χ0) is 11.1. The minimum Gasteiger partial charge on any atom is -0.481 e. The number of hydrogen-bond acceptors (Lipinski definition) is 3. The highest BCUT2D eigenvalue weighted by molar-refractivity contribution is 5.85. The van der Waals surface area contributed by atoms with Crippen molar-refractivity contribution in [2.24, 2.45) is 0 Å². The molecule has 4 heteroatoms. The number of carbonyl (C=O) groups is 2. The van der Waals surface area contributed by atoms with E-state index in [-0.39, 0.29) is 12.2 Å². The maximum absolute atomic E-state index is 11.2. The van der Waals surface area contributed by atoms with E-state index in [1.807, 2.05) is 19.1 Å². The van der Waals surface area contributed by atoms with Crippen LogP contribution in [0.15, 0.2) is 12.2 Å². The number of Topliss-reactive ketones (excluding diaryl/α,β-unsaturated/α-hetero) is 1. The first-order chi connectivity index (χ1) is 6.49. The van der Waals surface area contributed by atoms with Crippen LogP contribution in [0.5, 0.6) is 0 Å². The zero-order valence-electron chi connectivity index (χ0n) is 8.86. The Morgan fingerprint density at radius 2 is 2.07 bits per heavy atom. The van der Waals surface area contributed by atoms with Gasteiger partial charge in [0.25, 0.3) is 0 Å². The maximum Gasteiger partial charge on any atom is 0.305 e. The van der Waals surface area contributed by atoms with Crippen LogP contribution in [-0.4, -0.2) is 41.4 Å². The van der Waals surface area contributed by atoms with Crippen molar-refractivity contribution < 1.29 is 14.7 Å². The Morgan fingerprint density at radius 1 is 1.50 bits per heavy atom. The van der Waals surface area contributed by atoms with Crippen molar-refractivity contribution in [2.75, 3.05) is 13.6 Å². The molecule has 0 aromatic carbocycles. The number of carboxylic acids is 1. The summed E-state index contributed by atoms with van der Waals surface area (Å²) in [4.78, 5) is 23.4. The average molecular weight is 199 g/mol. The highest BCUT2D eigenvalue weighted by Crippen LogP contribution is 2.03. The Bertz CT molecular complexity index is 236. The molecule has 0 aliphatic heterocycles. The van der Waals surface area contributed by atoms with Crippen LogP contribution < -0.4 is 0 Å². The summed E-state index contributed by atoms with van der Waals surface area (Å²) in [6, 6.07) is -0.524. The number of nitrogens with zero attached hydrogens (tertiary/aromatic N) is 1. The number of rotatable bonds is 6. The molecule has 4 nitrogen and oxygen atoms in total. The molecule has 0 fully saturated rings. The van der Waals surface area contributed by atoms with Crippen LogP contribution in [0.3, 0.4) is 0 Å². The molecule has 0 saturated heterocycles. The second-order valence-corrected chi connectivity index (χ2v) is 3.23. The third-order valence-corrected chi connectivity index (χ3v) is 2.00. The van der Waals surface area contributed by atoms with Crippen LogP contribution in [0.4, 0.5) is 0 Å². The summed E-state index contributed by atoms with van der Waals surface area (Å²) < 4.78 is 0. The van der Waals surface area contributed by atoms with Crippen LogP contribution in [-0.2, 0) is 9.59 Å². The highest BCUT2D eigenvalue weighted by Gasteiger charge is 2.21. The summed E-state index contributed by atoms with van der Waals surface area (Å²) in [6.45, 7) is 3.89. The molecule has 0 spiro atoms. The van der Waals surface area contributed by atoms with Crippen molar-refractivity contribution in [2.45, 2.75) is 26.3 Å². The topological polar surface area (TPSA) is 57.6 Å². The van der Waals surface area contributed by atoms with Gasteiger partial charge in [-0.05, 0) is 20.9 Å². The number of allylic oxidation sites excluding steroid dienone is 1. The summed E-state index contributed by atoms with van der Waals surface area (Å²) in [6.07, 6.45) is 3.62. The fourth-order valence-electron chi connectivity index (χ4n) is 1.17. The maximum atomic E-state index is 11.2. The number of hydrogen-bond donors (Lipinski definition) is 1. The van der Waals surface area contributed by atoms with Crippen LogP contribution in [0.2, 0.25) is 0 Å². The molecule has 0 heterocycles. The first-order valence-electron chi connectivity index (χ1n) is 4.52. The number of likely N-dealkylation sites (N-methyl/N-ethyl adjacent to an activating group) is 1. The van der Waals surface area contributed by atoms with Crippen molar-refractivity contribution in [1.29, 1.82) is 0 Å². The largest absolute Gasteiger partial charge is 0.481 e. The summed E-state index contributed by atoms with van der Waals surface area (Å²) in [5.74, 6) is -1.06. The summed E-state index contributed by atoms with van der Waals surface area (Å²) in [5.41, 5.74) is 0. The Labute approximate surface area is 84.2 Å². The molecular formula is C10H17NO3. The lowest BCUT2D eigenvalue weighted by molar-refractivity contribution is -0.140. The van der Waals surface area contributed by atoms with E-state index in [1.165, 1.54) is 6.92 Å². The van der Waals surface area contributed by atoms with Gasteiger partial charge in [0.15, 0.2) is 0 Å². The number of carboxylic acid groups (broad SMARTS) is 1. The fraction of sp³-hybridized carbons (Fsp3) is 0.600. The lowest BCUT2D eigenvalue weighted by Crippen LogP contribution is -2.39. The fourth-order valence-corrected chi connectivity index (χ4v) is 1.17. The third-order valence-electron chi connectivity index (χ3n) is 2.00. The van der Waals surface area contributed by atoms with Gasteiger partial charge in [0, 0.05) is 6.54 Å². The molecule has 0 saturated carbocycles. The average Bonchev–Trinajstić information content (AvgIpc) is 2.09. The first-order valence-corrected chi connectivity index (χ1v) is 4.52. The van der Waals surface area contributed by atoms with E-state index < -0.39 is 12.0 Å². The Balaban J connectivity index is 4.32. The summed E-state index contributed by atoms with van der Waals surface area (Å²) in [5, 5.41) is 8.61. The highest BCUT2D eigenvalue weighted by atomic mass is 16.4. The van der Waals surface area contributed by atoms with Crippen molar-refractivity contribution in [3.05, 3.63) is 12.2 Å². The molecule has 80 valence electrons. The van der Waals surface area contributed by atoms with Crippen molar-refractivity contribution in [1.82, 2.24) is 4.90 Å². The normalized spacial score (nSPS) is 13.4. The molecule has 1 N–H and O–H groups in total. The van der Waals surface area contributed by atoms with Gasteiger partial charge in [-0.25, -0.2) is 0 Å². The molecule has 14 heavy (non-hydrogen) atoms. The molecule has 0 radical (unpaired) electrons. The molecule has 1 atom stereocenters. The molecule has 0 aliphatic rings. The van der Waals surface area contributed by atoms with E-state index >= 15 is 0 Å². The van der Waals surface area contributed by atoms with Crippen molar-refractivity contribution in [3.8, 4) is 0 Å². The molecule has 0 bridgehead atoms. The van der Waals surface area contributed by atoms with Crippen LogP contribution in [0.25, 0.3) is 0 Å². The van der Waals surface area contributed by atoms with Crippen LogP contribution in [0.1, 0.15) is 20.3 Å². The van der Waals surface area contributed by atoms with E-state index in [0.29, 0.717) is 6.54 Å². The van der Waals surface area contributed by atoms with Crippen molar-refractivity contribution in [3.63, 3.8) is 0 Å². The Hall–Kier alpha value is -1.16. The molecule has 0 rings (SSSR count). The zero-order valence-corrected chi connectivity index (χ0v) is 8.86. The predicted molar refractivity (Wildman–Crippen MR) is 54.2 cm³/mol. The smallest absolute Gasteiger partial charge is 0.305 e. The van der Waals surface area contributed by atoms with Crippen LogP contribution in [0, 0.1) is 0 Å².